The predicted octanol–water partition coefficient (Wildman–Crippen LogP) is 4.96. The van der Waals surface area contributed by atoms with Crippen LogP contribution in [0.4, 0.5) is 5.69 Å². The zero-order valence-electron chi connectivity index (χ0n) is 15.5. The maximum Gasteiger partial charge on any atom is 0.267 e. The molecule has 1 aromatic carbocycles. The van der Waals surface area contributed by atoms with Gasteiger partial charge in [0.2, 0.25) is 0 Å². The van der Waals surface area contributed by atoms with Crippen LogP contribution in [0.3, 0.4) is 0 Å². The molecule has 0 aliphatic rings. The van der Waals surface area contributed by atoms with E-state index in [9.17, 15) is 9.59 Å². The number of nitrogens with one attached hydrogen (secondary N) is 2. The molecule has 0 aliphatic carbocycles. The Hall–Kier alpha value is -3.23. The van der Waals surface area contributed by atoms with Crippen molar-refractivity contribution in [1.29, 1.82) is 0 Å². The molecule has 0 aliphatic heterocycles. The fourth-order valence-electron chi connectivity index (χ4n) is 2.76. The molecule has 0 bridgehead atoms. The van der Waals surface area contributed by atoms with Gasteiger partial charge in [-0.15, -0.1) is 22.7 Å². The first-order valence-corrected chi connectivity index (χ1v) is 10.5. The third kappa shape index (κ3) is 4.28. The summed E-state index contributed by atoms with van der Waals surface area (Å²) in [6, 6.07) is 14.4. The molecule has 146 valence electrons. The SMILES string of the molecule is Cc1nc(-c2cccs2)sc1C(=O)Nc1ccccc1C(=O)NCc1ccco1. The molecule has 0 saturated carbocycles. The number of thiophene rings is 1. The first-order valence-electron chi connectivity index (χ1n) is 8.84. The smallest absolute Gasteiger partial charge is 0.267 e. The van der Waals surface area contributed by atoms with Crippen LogP contribution in [0, 0.1) is 6.92 Å². The van der Waals surface area contributed by atoms with Crippen LogP contribution in [0.15, 0.2) is 64.6 Å². The zero-order valence-corrected chi connectivity index (χ0v) is 17.1. The molecule has 0 spiro atoms. The van der Waals surface area contributed by atoms with Crippen LogP contribution < -0.4 is 10.6 Å². The van der Waals surface area contributed by atoms with Crippen molar-refractivity contribution in [1.82, 2.24) is 10.3 Å². The van der Waals surface area contributed by atoms with Crippen LogP contribution >= 0.6 is 22.7 Å². The number of para-hydroxylation sites is 1. The molecule has 29 heavy (non-hydrogen) atoms. The highest BCUT2D eigenvalue weighted by molar-refractivity contribution is 7.22. The van der Waals surface area contributed by atoms with Crippen molar-refractivity contribution in [3.05, 3.63) is 82.1 Å². The van der Waals surface area contributed by atoms with Crippen LogP contribution in [0.2, 0.25) is 0 Å². The number of carbonyl (C=O) groups excluding carboxylic acids is 2. The van der Waals surface area contributed by atoms with Gasteiger partial charge in [-0.25, -0.2) is 4.98 Å². The van der Waals surface area contributed by atoms with Gasteiger partial charge in [-0.05, 0) is 42.6 Å². The minimum absolute atomic E-state index is 0.270. The number of nitrogens with zero attached hydrogens (tertiary/aromatic N) is 1. The largest absolute Gasteiger partial charge is 0.467 e. The molecule has 2 amide bonds. The Balaban J connectivity index is 1.51. The van der Waals surface area contributed by atoms with E-state index in [4.69, 9.17) is 4.42 Å². The van der Waals surface area contributed by atoms with E-state index < -0.39 is 0 Å². The van der Waals surface area contributed by atoms with E-state index in [1.807, 2.05) is 24.4 Å². The first kappa shape index (κ1) is 19.1. The van der Waals surface area contributed by atoms with Crippen LogP contribution in [0.1, 0.15) is 31.5 Å². The number of aromatic nitrogens is 1. The molecule has 6 nitrogen and oxygen atoms in total. The Morgan fingerprint density at radius 1 is 1.07 bits per heavy atom. The molecule has 2 N–H and O–H groups in total. The number of aryl methyl sites for hydroxylation is 1. The minimum Gasteiger partial charge on any atom is -0.467 e. The lowest BCUT2D eigenvalue weighted by atomic mass is 10.1. The second kappa shape index (κ2) is 8.42. The van der Waals surface area contributed by atoms with Crippen molar-refractivity contribution in [2.75, 3.05) is 5.32 Å². The third-order valence-corrected chi connectivity index (χ3v) is 6.35. The Kier molecular flexibility index (Phi) is 5.55. The van der Waals surface area contributed by atoms with Gasteiger partial charge in [-0.3, -0.25) is 9.59 Å². The molecule has 0 saturated heterocycles. The van der Waals surface area contributed by atoms with Gasteiger partial charge in [0.25, 0.3) is 11.8 Å². The van der Waals surface area contributed by atoms with Crippen molar-refractivity contribution in [3.63, 3.8) is 0 Å². The Morgan fingerprint density at radius 2 is 1.93 bits per heavy atom. The van der Waals surface area contributed by atoms with Gasteiger partial charge in [0.05, 0.1) is 34.6 Å². The van der Waals surface area contributed by atoms with Gasteiger partial charge >= 0.3 is 0 Å². The van der Waals surface area contributed by atoms with E-state index >= 15 is 0 Å². The topological polar surface area (TPSA) is 84.2 Å². The molecule has 0 fully saturated rings. The summed E-state index contributed by atoms with van der Waals surface area (Å²) in [6.07, 6.45) is 1.55. The molecule has 4 aromatic rings. The summed E-state index contributed by atoms with van der Waals surface area (Å²) >= 11 is 2.92. The van der Waals surface area contributed by atoms with E-state index in [0.29, 0.717) is 27.6 Å². The second-order valence-electron chi connectivity index (χ2n) is 6.17. The average Bonchev–Trinajstić information content (AvgIpc) is 3.48. The van der Waals surface area contributed by atoms with Gasteiger partial charge in [0.15, 0.2) is 0 Å². The average molecular weight is 424 g/mol. The molecule has 0 unspecified atom stereocenters. The van der Waals surface area contributed by atoms with Gasteiger partial charge < -0.3 is 15.1 Å². The van der Waals surface area contributed by atoms with E-state index in [2.05, 4.69) is 15.6 Å². The highest BCUT2D eigenvalue weighted by atomic mass is 32.1. The third-order valence-electron chi connectivity index (χ3n) is 4.16. The van der Waals surface area contributed by atoms with Crippen molar-refractivity contribution >= 4 is 40.2 Å². The first-order chi connectivity index (χ1) is 14.1. The summed E-state index contributed by atoms with van der Waals surface area (Å²) in [5.41, 5.74) is 1.49. The van der Waals surface area contributed by atoms with E-state index in [1.165, 1.54) is 11.3 Å². The predicted molar refractivity (Wildman–Crippen MR) is 114 cm³/mol. The highest BCUT2D eigenvalue weighted by Crippen LogP contribution is 2.31. The summed E-state index contributed by atoms with van der Waals surface area (Å²) in [5.74, 6) is 0.0768. The fraction of sp³-hybridized carbons (Fsp3) is 0.0952. The normalized spacial score (nSPS) is 10.7. The number of carbonyl (C=O) groups is 2. The molecule has 3 heterocycles. The van der Waals surface area contributed by atoms with Gasteiger partial charge in [-0.1, -0.05) is 18.2 Å². The van der Waals surface area contributed by atoms with Crippen LogP contribution in [0.25, 0.3) is 9.88 Å². The van der Waals surface area contributed by atoms with Crippen molar-refractivity contribution in [3.8, 4) is 9.88 Å². The van der Waals surface area contributed by atoms with Crippen LogP contribution in [-0.2, 0) is 6.54 Å². The van der Waals surface area contributed by atoms with Gasteiger partial charge in [-0.2, -0.15) is 0 Å². The number of benzene rings is 1. The summed E-state index contributed by atoms with van der Waals surface area (Å²) in [7, 11) is 0. The molecule has 0 radical (unpaired) electrons. The van der Waals surface area contributed by atoms with Crippen molar-refractivity contribution in [2.45, 2.75) is 13.5 Å². The lowest BCUT2D eigenvalue weighted by Gasteiger charge is -2.10. The highest BCUT2D eigenvalue weighted by Gasteiger charge is 2.19. The second-order valence-corrected chi connectivity index (χ2v) is 8.12. The maximum absolute atomic E-state index is 12.9. The van der Waals surface area contributed by atoms with Gasteiger partial charge in [0, 0.05) is 0 Å². The molecule has 8 heteroatoms. The zero-order chi connectivity index (χ0) is 20.2. The van der Waals surface area contributed by atoms with Crippen molar-refractivity contribution in [2.24, 2.45) is 0 Å². The quantitative estimate of drug-likeness (QED) is 0.459. The molecular formula is C21H17N3O3S2. The number of amides is 2. The number of hydrogen-bond acceptors (Lipinski definition) is 6. The number of rotatable bonds is 6. The Bertz CT molecular complexity index is 1130. The lowest BCUT2D eigenvalue weighted by Crippen LogP contribution is -2.24. The van der Waals surface area contributed by atoms with E-state index in [1.54, 1.807) is 54.0 Å². The van der Waals surface area contributed by atoms with E-state index in [0.717, 1.165) is 9.88 Å². The molecule has 3 aromatic heterocycles. The van der Waals surface area contributed by atoms with Crippen LogP contribution in [0.5, 0.6) is 0 Å². The summed E-state index contributed by atoms with van der Waals surface area (Å²) in [5, 5.41) is 8.44. The molecule has 4 rings (SSSR count). The Labute approximate surface area is 175 Å². The fourth-order valence-corrected chi connectivity index (χ4v) is 4.52. The van der Waals surface area contributed by atoms with Crippen molar-refractivity contribution < 1.29 is 14.0 Å². The minimum atomic E-state index is -0.294. The lowest BCUT2D eigenvalue weighted by molar-refractivity contribution is 0.0949. The standard InChI is InChI=1S/C21H17N3O3S2/c1-13-18(29-21(23-13)17-9-5-11-28-17)20(26)24-16-8-3-2-7-15(16)19(25)22-12-14-6-4-10-27-14/h2-11H,12H2,1H3,(H,22,25)(H,24,26). The molecule has 0 atom stereocenters. The maximum atomic E-state index is 12.9. The number of thiazole rings is 1. The number of anilines is 1. The summed E-state index contributed by atoms with van der Waals surface area (Å²) < 4.78 is 5.23. The van der Waals surface area contributed by atoms with Gasteiger partial charge in [0.1, 0.15) is 15.6 Å². The van der Waals surface area contributed by atoms with Crippen LogP contribution in [-0.4, -0.2) is 16.8 Å². The number of furan rings is 1. The summed E-state index contributed by atoms with van der Waals surface area (Å²) in [6.45, 7) is 2.08. The van der Waals surface area contributed by atoms with E-state index in [-0.39, 0.29) is 18.4 Å². The molecular weight excluding hydrogens is 406 g/mol. The Morgan fingerprint density at radius 3 is 2.69 bits per heavy atom. The monoisotopic (exact) mass is 423 g/mol. The summed E-state index contributed by atoms with van der Waals surface area (Å²) in [4.78, 5) is 31.5. The number of hydrogen-bond donors (Lipinski definition) is 2.